The molecule has 0 aliphatic heterocycles. The highest BCUT2D eigenvalue weighted by molar-refractivity contribution is 6.18. The van der Waals surface area contributed by atoms with E-state index in [9.17, 15) is 4.79 Å². The highest BCUT2D eigenvalue weighted by Gasteiger charge is 2.22. The van der Waals surface area contributed by atoms with Gasteiger partial charge in [-0.25, -0.2) is 4.79 Å². The van der Waals surface area contributed by atoms with E-state index in [-0.39, 0.29) is 0 Å². The maximum Gasteiger partial charge on any atom is 0.366 e. The van der Waals surface area contributed by atoms with Crippen molar-refractivity contribution in [3.05, 3.63) is 113 Å². The molecule has 3 aromatic carbocycles. The lowest BCUT2D eigenvalue weighted by Crippen LogP contribution is -2.10. The number of rotatable bonds is 5. The largest absolute Gasteiger partial charge is 0.366 e. The van der Waals surface area contributed by atoms with Crippen LogP contribution in [0.4, 0.5) is 0 Å². The van der Waals surface area contributed by atoms with Crippen molar-refractivity contribution in [3.63, 3.8) is 0 Å². The van der Waals surface area contributed by atoms with E-state index in [1.807, 2.05) is 91.0 Å². The summed E-state index contributed by atoms with van der Waals surface area (Å²) < 4.78 is 0. The molecule has 4 rings (SSSR count). The fourth-order valence-electron chi connectivity index (χ4n) is 3.72. The summed E-state index contributed by atoms with van der Waals surface area (Å²) in [6.07, 6.45) is 4.10. The van der Waals surface area contributed by atoms with E-state index in [1.54, 1.807) is 0 Å². The summed E-state index contributed by atoms with van der Waals surface area (Å²) in [6, 6.07) is 29.3. The Morgan fingerprint density at radius 1 is 0.655 bits per heavy atom. The molecule has 0 unspecified atom stereocenters. The average Bonchev–Trinajstić information content (AvgIpc) is 3.31. The molecule has 144 valence electrons. The molecule has 0 radical (unpaired) electrons. The zero-order valence-corrected chi connectivity index (χ0v) is 16.3. The van der Waals surface area contributed by atoms with Gasteiger partial charge in [-0.1, -0.05) is 102 Å². The predicted molar refractivity (Wildman–Crippen MR) is 116 cm³/mol. The molecule has 1 aliphatic carbocycles. The third-order valence-electron chi connectivity index (χ3n) is 5.14. The van der Waals surface area contributed by atoms with Crippen molar-refractivity contribution in [2.75, 3.05) is 0 Å². The first-order valence-corrected chi connectivity index (χ1v) is 10.0. The number of allylic oxidation sites excluding steroid dienone is 1. The summed E-state index contributed by atoms with van der Waals surface area (Å²) in [5, 5.41) is 4.31. The summed E-state index contributed by atoms with van der Waals surface area (Å²) in [7, 11) is 0. The van der Waals surface area contributed by atoms with Crippen LogP contribution >= 0.6 is 0 Å². The van der Waals surface area contributed by atoms with E-state index in [4.69, 9.17) is 4.84 Å². The Morgan fingerprint density at radius 3 is 1.59 bits per heavy atom. The number of carbonyl (C=O) groups excluding carboxylic acids is 1. The van der Waals surface area contributed by atoms with Gasteiger partial charge in [0.15, 0.2) is 0 Å². The Hall–Kier alpha value is -3.46. The van der Waals surface area contributed by atoms with E-state index in [1.165, 1.54) is 0 Å². The van der Waals surface area contributed by atoms with Crippen LogP contribution in [0.3, 0.4) is 0 Å². The lowest BCUT2D eigenvalue weighted by molar-refractivity contribution is -0.136. The number of hydrogen-bond acceptors (Lipinski definition) is 3. The van der Waals surface area contributed by atoms with Crippen LogP contribution in [0.5, 0.6) is 0 Å². The second-order valence-electron chi connectivity index (χ2n) is 7.10. The van der Waals surface area contributed by atoms with Crippen LogP contribution in [0, 0.1) is 0 Å². The third kappa shape index (κ3) is 4.52. The summed E-state index contributed by atoms with van der Waals surface area (Å²) in [5.41, 5.74) is 5.17. The van der Waals surface area contributed by atoms with Gasteiger partial charge in [-0.3, -0.25) is 0 Å². The Bertz CT molecular complexity index is 973. The lowest BCUT2D eigenvalue weighted by atomic mass is 9.99. The maximum absolute atomic E-state index is 13.1. The molecule has 0 spiro atoms. The van der Waals surface area contributed by atoms with Gasteiger partial charge in [0.2, 0.25) is 0 Å². The number of hydrogen-bond donors (Lipinski definition) is 0. The van der Waals surface area contributed by atoms with Gasteiger partial charge < -0.3 is 4.84 Å². The van der Waals surface area contributed by atoms with Crippen LogP contribution in [0.2, 0.25) is 0 Å². The first kappa shape index (κ1) is 18.9. The van der Waals surface area contributed by atoms with Crippen molar-refractivity contribution < 1.29 is 9.63 Å². The van der Waals surface area contributed by atoms with E-state index in [0.717, 1.165) is 47.9 Å². The standard InChI is InChI=1S/C26H23NO2/c28-26(24(21-14-10-11-15-21)20-12-4-1-5-13-20)29-27-25(22-16-6-2-7-17-22)23-18-8-3-9-19-23/h1-9,12-13,16-19H,10-11,14-15H2. The van der Waals surface area contributed by atoms with Gasteiger partial charge in [-0.15, -0.1) is 0 Å². The molecule has 1 aliphatic rings. The first-order valence-electron chi connectivity index (χ1n) is 10.0. The quantitative estimate of drug-likeness (QED) is 0.235. The predicted octanol–water partition coefficient (Wildman–Crippen LogP) is 6.01. The number of carbonyl (C=O) groups is 1. The topological polar surface area (TPSA) is 38.7 Å². The minimum absolute atomic E-state index is 0.391. The molecule has 0 saturated heterocycles. The Balaban J connectivity index is 1.69. The SMILES string of the molecule is O=C(ON=C(c1ccccc1)c1ccccc1)C(=C1CCCC1)c1ccccc1. The zero-order valence-electron chi connectivity index (χ0n) is 16.3. The van der Waals surface area contributed by atoms with Gasteiger partial charge >= 0.3 is 5.97 Å². The average molecular weight is 381 g/mol. The molecular formula is C26H23NO2. The van der Waals surface area contributed by atoms with Gasteiger partial charge in [-0.05, 0) is 31.2 Å². The van der Waals surface area contributed by atoms with Crippen molar-refractivity contribution >= 4 is 17.3 Å². The molecule has 0 N–H and O–H groups in total. The van der Waals surface area contributed by atoms with Crippen LogP contribution in [-0.2, 0) is 9.63 Å². The Morgan fingerprint density at radius 2 is 1.10 bits per heavy atom. The van der Waals surface area contributed by atoms with E-state index in [2.05, 4.69) is 5.16 Å². The van der Waals surface area contributed by atoms with Crippen molar-refractivity contribution in [2.24, 2.45) is 5.16 Å². The maximum atomic E-state index is 13.1. The molecule has 1 saturated carbocycles. The minimum atomic E-state index is -0.391. The fraction of sp³-hybridized carbons (Fsp3) is 0.154. The molecular weight excluding hydrogens is 358 g/mol. The third-order valence-corrected chi connectivity index (χ3v) is 5.14. The summed E-state index contributed by atoms with van der Waals surface area (Å²) in [4.78, 5) is 18.6. The summed E-state index contributed by atoms with van der Waals surface area (Å²) >= 11 is 0. The number of oxime groups is 1. The molecule has 0 aromatic heterocycles. The molecule has 3 aromatic rings. The molecule has 3 heteroatoms. The Kier molecular flexibility index (Phi) is 5.96. The monoisotopic (exact) mass is 381 g/mol. The van der Waals surface area contributed by atoms with Crippen LogP contribution in [-0.4, -0.2) is 11.7 Å². The highest BCUT2D eigenvalue weighted by Crippen LogP contribution is 2.32. The second-order valence-corrected chi connectivity index (χ2v) is 7.10. The van der Waals surface area contributed by atoms with E-state index >= 15 is 0 Å². The van der Waals surface area contributed by atoms with E-state index in [0.29, 0.717) is 11.3 Å². The molecule has 3 nitrogen and oxygen atoms in total. The zero-order chi connectivity index (χ0) is 19.9. The molecule has 0 amide bonds. The number of benzene rings is 3. The minimum Gasteiger partial charge on any atom is -0.312 e. The van der Waals surface area contributed by atoms with Crippen molar-refractivity contribution in [1.29, 1.82) is 0 Å². The lowest BCUT2D eigenvalue weighted by Gasteiger charge is -2.11. The van der Waals surface area contributed by atoms with E-state index < -0.39 is 5.97 Å². The van der Waals surface area contributed by atoms with Gasteiger partial charge in [0.1, 0.15) is 5.71 Å². The number of nitrogens with zero attached hydrogens (tertiary/aromatic N) is 1. The normalized spacial score (nSPS) is 13.0. The van der Waals surface area contributed by atoms with Gasteiger partial charge in [0.25, 0.3) is 0 Å². The molecule has 0 heterocycles. The van der Waals surface area contributed by atoms with Gasteiger partial charge in [-0.2, -0.15) is 0 Å². The smallest absolute Gasteiger partial charge is 0.312 e. The highest BCUT2D eigenvalue weighted by atomic mass is 16.7. The molecule has 1 fully saturated rings. The van der Waals surface area contributed by atoms with Gasteiger partial charge in [0, 0.05) is 11.1 Å². The van der Waals surface area contributed by atoms with Crippen LogP contribution in [0.15, 0.2) is 102 Å². The Labute approximate surface area is 171 Å². The van der Waals surface area contributed by atoms with Crippen LogP contribution in [0.25, 0.3) is 5.57 Å². The van der Waals surface area contributed by atoms with Crippen molar-refractivity contribution in [2.45, 2.75) is 25.7 Å². The van der Waals surface area contributed by atoms with Crippen molar-refractivity contribution in [1.82, 2.24) is 0 Å². The van der Waals surface area contributed by atoms with Crippen LogP contribution in [0.1, 0.15) is 42.4 Å². The summed E-state index contributed by atoms with van der Waals surface area (Å²) in [6.45, 7) is 0. The van der Waals surface area contributed by atoms with Crippen LogP contribution < -0.4 is 0 Å². The molecule has 29 heavy (non-hydrogen) atoms. The molecule has 0 bridgehead atoms. The molecule has 0 atom stereocenters. The fourth-order valence-corrected chi connectivity index (χ4v) is 3.72. The first-order chi connectivity index (χ1) is 14.3. The van der Waals surface area contributed by atoms with Crippen molar-refractivity contribution in [3.8, 4) is 0 Å². The van der Waals surface area contributed by atoms with Gasteiger partial charge in [0.05, 0.1) is 5.57 Å². The second kappa shape index (κ2) is 9.16. The summed E-state index contributed by atoms with van der Waals surface area (Å²) in [5.74, 6) is -0.391.